The summed E-state index contributed by atoms with van der Waals surface area (Å²) >= 11 is 0. The summed E-state index contributed by atoms with van der Waals surface area (Å²) in [5.41, 5.74) is 0. The van der Waals surface area contributed by atoms with Gasteiger partial charge in [-0.3, -0.25) is 0 Å². The van der Waals surface area contributed by atoms with Crippen LogP contribution in [0.15, 0.2) is 0 Å². The molecule has 1 aliphatic rings. The van der Waals surface area contributed by atoms with Crippen molar-refractivity contribution in [1.29, 1.82) is 0 Å². The molecule has 1 N–H and O–H groups in total. The summed E-state index contributed by atoms with van der Waals surface area (Å²) in [6, 6.07) is 0.773. The predicted molar refractivity (Wildman–Crippen MR) is 68.0 cm³/mol. The normalized spacial score (nSPS) is 34.4. The molecule has 1 saturated carbocycles. The molecule has 0 radical (unpaired) electrons. The molecule has 0 aromatic rings. The topological polar surface area (TPSA) is 12.0 Å². The lowest BCUT2D eigenvalue weighted by atomic mass is 9.78. The summed E-state index contributed by atoms with van der Waals surface area (Å²) in [5, 5.41) is 3.78. The van der Waals surface area contributed by atoms with Gasteiger partial charge in [0.15, 0.2) is 0 Å². The van der Waals surface area contributed by atoms with E-state index >= 15 is 0 Å². The molecule has 15 heavy (non-hydrogen) atoms. The fourth-order valence-corrected chi connectivity index (χ4v) is 2.44. The highest BCUT2D eigenvalue weighted by Gasteiger charge is 2.26. The number of nitrogens with one attached hydrogen (secondary N) is 1. The van der Waals surface area contributed by atoms with Crippen LogP contribution in [0.5, 0.6) is 0 Å². The van der Waals surface area contributed by atoms with Crippen molar-refractivity contribution >= 4 is 0 Å². The van der Waals surface area contributed by atoms with E-state index in [1.165, 1.54) is 25.8 Å². The Labute approximate surface area is 96.0 Å². The molecule has 0 bridgehead atoms. The maximum absolute atomic E-state index is 3.78. The highest BCUT2D eigenvalue weighted by atomic mass is 14.9. The highest BCUT2D eigenvalue weighted by molar-refractivity contribution is 4.82. The summed E-state index contributed by atoms with van der Waals surface area (Å²) < 4.78 is 0. The van der Waals surface area contributed by atoms with E-state index in [9.17, 15) is 0 Å². The molecular weight excluding hydrogens is 182 g/mol. The molecule has 1 aliphatic carbocycles. The van der Waals surface area contributed by atoms with Crippen molar-refractivity contribution in [3.8, 4) is 0 Å². The Kier molecular flexibility index (Phi) is 5.11. The molecule has 1 nitrogen and oxygen atoms in total. The SMILES string of the molecule is CC(C)C(C)CNC1CCCC(C)C1C. The van der Waals surface area contributed by atoms with Gasteiger partial charge in [0.05, 0.1) is 0 Å². The van der Waals surface area contributed by atoms with Crippen LogP contribution in [0.25, 0.3) is 0 Å². The molecule has 0 aliphatic heterocycles. The molecule has 90 valence electrons. The fraction of sp³-hybridized carbons (Fsp3) is 1.00. The largest absolute Gasteiger partial charge is 0.313 e. The summed E-state index contributed by atoms with van der Waals surface area (Å²) in [7, 11) is 0. The van der Waals surface area contributed by atoms with Crippen molar-refractivity contribution in [3.63, 3.8) is 0 Å². The first-order valence-electron chi connectivity index (χ1n) is 6.75. The molecule has 4 unspecified atom stereocenters. The zero-order valence-corrected chi connectivity index (χ0v) is 11.2. The van der Waals surface area contributed by atoms with Crippen LogP contribution in [0.1, 0.15) is 53.9 Å². The van der Waals surface area contributed by atoms with Crippen molar-refractivity contribution < 1.29 is 0 Å². The van der Waals surface area contributed by atoms with Gasteiger partial charge in [0.25, 0.3) is 0 Å². The first-order chi connectivity index (χ1) is 7.02. The summed E-state index contributed by atoms with van der Waals surface area (Å²) in [5.74, 6) is 3.37. The number of hydrogen-bond donors (Lipinski definition) is 1. The van der Waals surface area contributed by atoms with E-state index in [1.807, 2.05) is 0 Å². The van der Waals surface area contributed by atoms with Crippen LogP contribution < -0.4 is 5.32 Å². The van der Waals surface area contributed by atoms with Gasteiger partial charge in [0, 0.05) is 6.04 Å². The van der Waals surface area contributed by atoms with Crippen molar-refractivity contribution in [2.75, 3.05) is 6.54 Å². The Bertz CT molecular complexity index is 176. The van der Waals surface area contributed by atoms with Crippen LogP contribution in [0, 0.1) is 23.7 Å². The minimum Gasteiger partial charge on any atom is -0.313 e. The van der Waals surface area contributed by atoms with Crippen LogP contribution in [0.3, 0.4) is 0 Å². The second-order valence-electron chi connectivity index (χ2n) is 6.00. The second kappa shape index (κ2) is 5.89. The predicted octanol–water partition coefficient (Wildman–Crippen LogP) is 3.69. The molecule has 0 spiro atoms. The zero-order valence-electron chi connectivity index (χ0n) is 11.2. The maximum atomic E-state index is 3.78. The van der Waals surface area contributed by atoms with Gasteiger partial charge in [0.1, 0.15) is 0 Å². The summed E-state index contributed by atoms with van der Waals surface area (Å²) in [6.45, 7) is 13.0. The highest BCUT2D eigenvalue weighted by Crippen LogP contribution is 2.29. The average molecular weight is 211 g/mol. The van der Waals surface area contributed by atoms with Crippen molar-refractivity contribution in [2.24, 2.45) is 23.7 Å². The number of hydrogen-bond acceptors (Lipinski definition) is 1. The van der Waals surface area contributed by atoms with Crippen LogP contribution in [0.4, 0.5) is 0 Å². The molecule has 0 heterocycles. The van der Waals surface area contributed by atoms with E-state index in [1.54, 1.807) is 0 Å². The Morgan fingerprint density at radius 1 is 1.13 bits per heavy atom. The van der Waals surface area contributed by atoms with E-state index in [4.69, 9.17) is 0 Å². The summed E-state index contributed by atoms with van der Waals surface area (Å²) in [6.07, 6.45) is 4.23. The number of rotatable bonds is 4. The zero-order chi connectivity index (χ0) is 11.4. The molecule has 0 amide bonds. The average Bonchev–Trinajstić information content (AvgIpc) is 2.19. The lowest BCUT2D eigenvalue weighted by Gasteiger charge is -2.35. The van der Waals surface area contributed by atoms with Gasteiger partial charge in [0.2, 0.25) is 0 Å². The Hall–Kier alpha value is -0.0400. The minimum atomic E-state index is 0.773. The van der Waals surface area contributed by atoms with Gasteiger partial charge >= 0.3 is 0 Å². The third-order valence-corrected chi connectivity index (χ3v) is 4.55. The molecule has 4 atom stereocenters. The van der Waals surface area contributed by atoms with Gasteiger partial charge in [-0.2, -0.15) is 0 Å². The van der Waals surface area contributed by atoms with E-state index in [0.29, 0.717) is 0 Å². The minimum absolute atomic E-state index is 0.773. The standard InChI is InChI=1S/C14H29N/c1-10(2)12(4)9-15-14-8-6-7-11(3)13(14)5/h10-15H,6-9H2,1-5H3. The monoisotopic (exact) mass is 211 g/mol. The van der Waals surface area contributed by atoms with E-state index in [2.05, 4.69) is 39.9 Å². The Morgan fingerprint density at radius 2 is 1.80 bits per heavy atom. The Morgan fingerprint density at radius 3 is 2.40 bits per heavy atom. The quantitative estimate of drug-likeness (QED) is 0.748. The lowest BCUT2D eigenvalue weighted by molar-refractivity contribution is 0.197. The van der Waals surface area contributed by atoms with Gasteiger partial charge < -0.3 is 5.32 Å². The van der Waals surface area contributed by atoms with Crippen LogP contribution in [-0.2, 0) is 0 Å². The van der Waals surface area contributed by atoms with Crippen molar-refractivity contribution in [1.82, 2.24) is 5.32 Å². The van der Waals surface area contributed by atoms with Crippen molar-refractivity contribution in [2.45, 2.75) is 59.9 Å². The molecule has 0 saturated heterocycles. The summed E-state index contributed by atoms with van der Waals surface area (Å²) in [4.78, 5) is 0. The van der Waals surface area contributed by atoms with Crippen molar-refractivity contribution in [3.05, 3.63) is 0 Å². The van der Waals surface area contributed by atoms with E-state index in [0.717, 1.165) is 29.7 Å². The third kappa shape index (κ3) is 3.79. The van der Waals surface area contributed by atoms with Crippen LogP contribution in [-0.4, -0.2) is 12.6 Å². The molecule has 1 heteroatoms. The molecule has 0 aromatic carbocycles. The molecular formula is C14H29N. The second-order valence-corrected chi connectivity index (χ2v) is 6.00. The van der Waals surface area contributed by atoms with Gasteiger partial charge in [-0.1, -0.05) is 47.5 Å². The fourth-order valence-electron chi connectivity index (χ4n) is 2.44. The third-order valence-electron chi connectivity index (χ3n) is 4.55. The van der Waals surface area contributed by atoms with Crippen LogP contribution >= 0.6 is 0 Å². The Balaban J connectivity index is 2.31. The van der Waals surface area contributed by atoms with Crippen LogP contribution in [0.2, 0.25) is 0 Å². The van der Waals surface area contributed by atoms with E-state index < -0.39 is 0 Å². The molecule has 1 fully saturated rings. The van der Waals surface area contributed by atoms with Gasteiger partial charge in [-0.15, -0.1) is 0 Å². The van der Waals surface area contributed by atoms with Gasteiger partial charge in [-0.25, -0.2) is 0 Å². The lowest BCUT2D eigenvalue weighted by Crippen LogP contribution is -2.42. The van der Waals surface area contributed by atoms with Gasteiger partial charge in [-0.05, 0) is 36.6 Å². The molecule has 1 rings (SSSR count). The van der Waals surface area contributed by atoms with E-state index in [-0.39, 0.29) is 0 Å². The smallest absolute Gasteiger partial charge is 0.00953 e. The molecule has 0 aromatic heterocycles. The first-order valence-corrected chi connectivity index (χ1v) is 6.75. The first kappa shape index (κ1) is 13.0. The maximum Gasteiger partial charge on any atom is 0.00953 e.